The summed E-state index contributed by atoms with van der Waals surface area (Å²) in [4.78, 5) is 15.6. The number of hydrogen-bond acceptors (Lipinski definition) is 3. The van der Waals surface area contributed by atoms with E-state index in [0.29, 0.717) is 6.04 Å². The zero-order valence-electron chi connectivity index (χ0n) is 12.6. The zero-order chi connectivity index (χ0) is 14.8. The van der Waals surface area contributed by atoms with Gasteiger partial charge in [-0.05, 0) is 42.7 Å². The van der Waals surface area contributed by atoms with E-state index in [-0.39, 0.29) is 17.2 Å². The summed E-state index contributed by atoms with van der Waals surface area (Å²) in [7, 11) is 0. The number of primary amides is 1. The predicted molar refractivity (Wildman–Crippen MR) is 81.5 cm³/mol. The van der Waals surface area contributed by atoms with E-state index in [1.54, 1.807) is 0 Å². The molecule has 0 atom stereocenters. The average molecular weight is 275 g/mol. The van der Waals surface area contributed by atoms with E-state index in [2.05, 4.69) is 37.1 Å². The Balaban J connectivity index is 1.90. The van der Waals surface area contributed by atoms with Crippen LogP contribution in [0.2, 0.25) is 0 Å². The van der Waals surface area contributed by atoms with E-state index in [4.69, 9.17) is 5.73 Å². The number of nitrogens with one attached hydrogen (secondary N) is 1. The lowest BCUT2D eigenvalue weighted by atomic mass is 9.85. The molecule has 4 heteroatoms. The Morgan fingerprint density at radius 1 is 1.25 bits per heavy atom. The third-order valence-electron chi connectivity index (χ3n) is 4.11. The third-order valence-corrected chi connectivity index (χ3v) is 4.11. The second-order valence-electron chi connectivity index (χ2n) is 6.78. The molecule has 0 radical (unpaired) electrons. The number of amides is 1. The number of nitrogens with two attached hydrogens (primary N) is 1. The van der Waals surface area contributed by atoms with Crippen molar-refractivity contribution in [2.24, 2.45) is 11.7 Å². The molecular weight excluding hydrogens is 250 g/mol. The number of rotatable bonds is 3. The lowest BCUT2D eigenvalue weighted by Gasteiger charge is -2.28. The van der Waals surface area contributed by atoms with Crippen molar-refractivity contribution in [1.29, 1.82) is 0 Å². The Kier molecular flexibility index (Phi) is 4.31. The van der Waals surface area contributed by atoms with E-state index in [1.807, 2.05) is 12.3 Å². The number of nitrogens with zero attached hydrogens (tertiary/aromatic N) is 1. The molecule has 0 unspecified atom stereocenters. The van der Waals surface area contributed by atoms with E-state index in [9.17, 15) is 4.79 Å². The van der Waals surface area contributed by atoms with Crippen LogP contribution in [-0.4, -0.2) is 16.9 Å². The fraction of sp³-hybridized carbons (Fsp3) is 0.625. The minimum atomic E-state index is -0.156. The first-order chi connectivity index (χ1) is 9.36. The molecule has 110 valence electrons. The molecule has 0 aromatic carbocycles. The number of carbonyl (C=O) groups is 1. The second-order valence-corrected chi connectivity index (χ2v) is 6.78. The number of aromatic nitrogens is 1. The van der Waals surface area contributed by atoms with Crippen molar-refractivity contribution in [3.8, 4) is 0 Å². The molecule has 1 saturated carbocycles. The molecule has 1 aliphatic rings. The second kappa shape index (κ2) is 5.81. The van der Waals surface area contributed by atoms with Crippen molar-refractivity contribution in [1.82, 2.24) is 4.98 Å². The highest BCUT2D eigenvalue weighted by Crippen LogP contribution is 2.27. The fourth-order valence-corrected chi connectivity index (χ4v) is 2.65. The Hall–Kier alpha value is -1.58. The molecule has 0 aliphatic heterocycles. The van der Waals surface area contributed by atoms with Crippen molar-refractivity contribution < 1.29 is 4.79 Å². The first-order valence-electron chi connectivity index (χ1n) is 7.38. The highest BCUT2D eigenvalue weighted by atomic mass is 16.1. The van der Waals surface area contributed by atoms with Gasteiger partial charge in [-0.25, -0.2) is 4.98 Å². The summed E-state index contributed by atoms with van der Waals surface area (Å²) in [6.45, 7) is 6.55. The minimum absolute atomic E-state index is 0.0595. The van der Waals surface area contributed by atoms with Crippen LogP contribution in [-0.2, 0) is 10.2 Å². The van der Waals surface area contributed by atoms with Crippen LogP contribution in [0, 0.1) is 5.92 Å². The molecule has 20 heavy (non-hydrogen) atoms. The van der Waals surface area contributed by atoms with Gasteiger partial charge in [0.1, 0.15) is 5.82 Å². The standard InChI is InChI=1S/C16H25N3O/c1-16(2,3)12-6-9-14(18-10-12)19-13-7-4-11(5-8-13)15(17)20/h6,9-11,13H,4-5,7-8H2,1-3H3,(H2,17,20)(H,18,19). The maximum atomic E-state index is 11.1. The maximum absolute atomic E-state index is 11.1. The van der Waals surface area contributed by atoms with Crippen LogP contribution in [0.15, 0.2) is 18.3 Å². The van der Waals surface area contributed by atoms with Gasteiger partial charge in [0.25, 0.3) is 0 Å². The van der Waals surface area contributed by atoms with E-state index in [0.717, 1.165) is 31.5 Å². The molecular formula is C16H25N3O. The molecule has 3 N–H and O–H groups in total. The smallest absolute Gasteiger partial charge is 0.220 e. The van der Waals surface area contributed by atoms with Gasteiger partial charge in [-0.3, -0.25) is 4.79 Å². The highest BCUT2D eigenvalue weighted by Gasteiger charge is 2.24. The number of anilines is 1. The first-order valence-corrected chi connectivity index (χ1v) is 7.38. The van der Waals surface area contributed by atoms with Gasteiger partial charge in [0.15, 0.2) is 0 Å². The average Bonchev–Trinajstić information content (AvgIpc) is 2.39. The lowest BCUT2D eigenvalue weighted by Crippen LogP contribution is -2.32. The summed E-state index contributed by atoms with van der Waals surface area (Å²) < 4.78 is 0. The van der Waals surface area contributed by atoms with Crippen LogP contribution in [0.1, 0.15) is 52.0 Å². The maximum Gasteiger partial charge on any atom is 0.220 e. The number of hydrogen-bond donors (Lipinski definition) is 2. The summed E-state index contributed by atoms with van der Waals surface area (Å²) in [6, 6.07) is 4.57. The lowest BCUT2D eigenvalue weighted by molar-refractivity contribution is -0.122. The van der Waals surface area contributed by atoms with Gasteiger partial charge in [0.05, 0.1) is 0 Å². The minimum Gasteiger partial charge on any atom is -0.369 e. The number of carbonyl (C=O) groups excluding carboxylic acids is 1. The Labute approximate surface area is 121 Å². The van der Waals surface area contributed by atoms with E-state index < -0.39 is 0 Å². The monoisotopic (exact) mass is 275 g/mol. The van der Waals surface area contributed by atoms with Gasteiger partial charge in [-0.15, -0.1) is 0 Å². The molecule has 1 aromatic heterocycles. The Morgan fingerprint density at radius 2 is 1.90 bits per heavy atom. The van der Waals surface area contributed by atoms with Gasteiger partial charge in [0, 0.05) is 18.2 Å². The predicted octanol–water partition coefficient (Wildman–Crippen LogP) is 2.84. The normalized spacial score (nSPS) is 23.4. The zero-order valence-corrected chi connectivity index (χ0v) is 12.6. The van der Waals surface area contributed by atoms with Crippen molar-refractivity contribution >= 4 is 11.7 Å². The van der Waals surface area contributed by atoms with Crippen LogP contribution in [0.25, 0.3) is 0 Å². The van der Waals surface area contributed by atoms with Gasteiger partial charge >= 0.3 is 0 Å². The molecule has 2 rings (SSSR count). The molecule has 0 spiro atoms. The molecule has 1 amide bonds. The summed E-state index contributed by atoms with van der Waals surface area (Å²) >= 11 is 0. The number of pyridine rings is 1. The molecule has 4 nitrogen and oxygen atoms in total. The summed E-state index contributed by atoms with van der Waals surface area (Å²) in [5, 5.41) is 3.46. The first kappa shape index (κ1) is 14.8. The van der Waals surface area contributed by atoms with Crippen LogP contribution < -0.4 is 11.1 Å². The molecule has 1 heterocycles. The molecule has 0 bridgehead atoms. The van der Waals surface area contributed by atoms with Crippen LogP contribution in [0.3, 0.4) is 0 Å². The van der Waals surface area contributed by atoms with Gasteiger partial charge in [0.2, 0.25) is 5.91 Å². The summed E-state index contributed by atoms with van der Waals surface area (Å²) in [5.74, 6) is 0.820. The van der Waals surface area contributed by atoms with Crippen molar-refractivity contribution in [2.45, 2.75) is 57.9 Å². The fourth-order valence-electron chi connectivity index (χ4n) is 2.65. The van der Waals surface area contributed by atoms with Crippen LogP contribution in [0.5, 0.6) is 0 Å². The van der Waals surface area contributed by atoms with Gasteiger partial charge in [-0.2, -0.15) is 0 Å². The molecule has 0 saturated heterocycles. The molecule has 1 aromatic rings. The van der Waals surface area contributed by atoms with Crippen molar-refractivity contribution in [2.75, 3.05) is 5.32 Å². The molecule has 1 aliphatic carbocycles. The highest BCUT2D eigenvalue weighted by molar-refractivity contribution is 5.76. The quantitative estimate of drug-likeness (QED) is 0.891. The topological polar surface area (TPSA) is 68.0 Å². The van der Waals surface area contributed by atoms with Gasteiger partial charge in [-0.1, -0.05) is 26.8 Å². The van der Waals surface area contributed by atoms with E-state index in [1.165, 1.54) is 5.56 Å². The van der Waals surface area contributed by atoms with Crippen LogP contribution >= 0.6 is 0 Å². The summed E-state index contributed by atoms with van der Waals surface area (Å²) in [5.41, 5.74) is 6.72. The van der Waals surface area contributed by atoms with E-state index >= 15 is 0 Å². The van der Waals surface area contributed by atoms with Crippen molar-refractivity contribution in [3.63, 3.8) is 0 Å². The van der Waals surface area contributed by atoms with Gasteiger partial charge < -0.3 is 11.1 Å². The Morgan fingerprint density at radius 3 is 2.35 bits per heavy atom. The molecule has 1 fully saturated rings. The largest absolute Gasteiger partial charge is 0.369 e. The summed E-state index contributed by atoms with van der Waals surface area (Å²) in [6.07, 6.45) is 5.67. The van der Waals surface area contributed by atoms with Crippen molar-refractivity contribution in [3.05, 3.63) is 23.9 Å². The van der Waals surface area contributed by atoms with Crippen LogP contribution in [0.4, 0.5) is 5.82 Å². The SMILES string of the molecule is CC(C)(C)c1ccc(NC2CCC(C(N)=O)CC2)nc1. The Bertz CT molecular complexity index is 454. The third kappa shape index (κ3) is 3.71.